The molecule has 0 fully saturated rings. The first-order chi connectivity index (χ1) is 10.2. The van der Waals surface area contributed by atoms with Gasteiger partial charge >= 0.3 is 0 Å². The lowest BCUT2D eigenvalue weighted by atomic mass is 9.96. The summed E-state index contributed by atoms with van der Waals surface area (Å²) in [6, 6.07) is 10.7. The highest BCUT2D eigenvalue weighted by molar-refractivity contribution is 7.16. The Kier molecular flexibility index (Phi) is 3.90. The first kappa shape index (κ1) is 14.0. The van der Waals surface area contributed by atoms with E-state index in [1.807, 2.05) is 6.92 Å². The van der Waals surface area contributed by atoms with Gasteiger partial charge in [0.05, 0.1) is 5.56 Å². The first-order valence-corrected chi connectivity index (χ1v) is 8.17. The van der Waals surface area contributed by atoms with E-state index < -0.39 is 0 Å². The molecule has 3 rings (SSSR count). The number of fused-ring (bicyclic) bond motifs is 1. The Bertz CT molecular complexity index is 730. The van der Waals surface area contributed by atoms with Crippen LogP contribution in [0.25, 0.3) is 0 Å². The molecule has 1 aliphatic carbocycles. The molecule has 0 bridgehead atoms. The van der Waals surface area contributed by atoms with Crippen molar-refractivity contribution in [1.82, 2.24) is 0 Å². The normalized spacial score (nSPS) is 14.6. The molecule has 0 amide bonds. The van der Waals surface area contributed by atoms with Gasteiger partial charge in [-0.1, -0.05) is 29.8 Å². The maximum absolute atomic E-state index is 9.47. The third kappa shape index (κ3) is 2.77. The van der Waals surface area contributed by atoms with E-state index >= 15 is 0 Å². The van der Waals surface area contributed by atoms with Crippen molar-refractivity contribution in [3.8, 4) is 6.07 Å². The molecular weight excluding hydrogens is 276 g/mol. The summed E-state index contributed by atoms with van der Waals surface area (Å²) in [6.45, 7) is 4.10. The third-order valence-corrected chi connectivity index (χ3v) is 5.19. The Morgan fingerprint density at radius 2 is 1.90 bits per heavy atom. The summed E-state index contributed by atoms with van der Waals surface area (Å²) in [4.78, 5) is 6.12. The predicted molar refractivity (Wildman–Crippen MR) is 88.7 cm³/mol. The van der Waals surface area contributed by atoms with E-state index in [2.05, 4.69) is 37.3 Å². The maximum atomic E-state index is 9.47. The van der Waals surface area contributed by atoms with Crippen molar-refractivity contribution < 1.29 is 0 Å². The highest BCUT2D eigenvalue weighted by Crippen LogP contribution is 2.39. The number of aliphatic imine (C=N–C) groups is 1. The van der Waals surface area contributed by atoms with E-state index in [0.717, 1.165) is 34.7 Å². The first-order valence-electron chi connectivity index (χ1n) is 7.36. The smallest absolute Gasteiger partial charge is 0.134 e. The molecule has 0 atom stereocenters. The lowest BCUT2D eigenvalue weighted by Crippen LogP contribution is -1.99. The van der Waals surface area contributed by atoms with E-state index in [1.54, 1.807) is 11.3 Å². The number of nitrogens with zero attached hydrogens (tertiary/aromatic N) is 2. The molecule has 2 aromatic rings. The summed E-state index contributed by atoms with van der Waals surface area (Å²) >= 11 is 1.70. The molecule has 0 radical (unpaired) electrons. The zero-order valence-electron chi connectivity index (χ0n) is 12.4. The van der Waals surface area contributed by atoms with Crippen molar-refractivity contribution >= 4 is 22.0 Å². The molecule has 2 nitrogen and oxygen atoms in total. The Morgan fingerprint density at radius 3 is 2.62 bits per heavy atom. The van der Waals surface area contributed by atoms with Crippen LogP contribution in [0.1, 0.15) is 46.9 Å². The summed E-state index contributed by atoms with van der Waals surface area (Å²) in [6.07, 6.45) is 4.57. The summed E-state index contributed by atoms with van der Waals surface area (Å²) in [5.74, 6) is 0. The number of thiophene rings is 1. The summed E-state index contributed by atoms with van der Waals surface area (Å²) in [5, 5.41) is 10.4. The van der Waals surface area contributed by atoms with E-state index in [1.165, 1.54) is 28.8 Å². The standard InChI is InChI=1S/C18H18N2S/c1-12-7-9-14(10-8-12)13(2)20-18-16(11-19)15-5-3-4-6-17(15)21-18/h7-10H,3-6H2,1-2H3. The second-order valence-corrected chi connectivity index (χ2v) is 6.65. The van der Waals surface area contributed by atoms with Gasteiger partial charge in [0.25, 0.3) is 0 Å². The van der Waals surface area contributed by atoms with E-state index in [0.29, 0.717) is 0 Å². The predicted octanol–water partition coefficient (Wildman–Crippen LogP) is 4.95. The minimum absolute atomic E-state index is 0.807. The van der Waals surface area contributed by atoms with Crippen LogP contribution in [0, 0.1) is 18.3 Å². The fourth-order valence-electron chi connectivity index (χ4n) is 2.76. The van der Waals surface area contributed by atoms with E-state index in [9.17, 15) is 5.26 Å². The highest BCUT2D eigenvalue weighted by Gasteiger charge is 2.20. The Labute approximate surface area is 129 Å². The van der Waals surface area contributed by atoms with Crippen molar-refractivity contribution in [2.24, 2.45) is 4.99 Å². The third-order valence-electron chi connectivity index (χ3n) is 4.00. The second-order valence-electron chi connectivity index (χ2n) is 5.57. The average Bonchev–Trinajstić information content (AvgIpc) is 2.84. The fourth-order valence-corrected chi connectivity index (χ4v) is 4.02. The molecule has 3 heteroatoms. The molecule has 0 aliphatic heterocycles. The molecule has 0 saturated heterocycles. The van der Waals surface area contributed by atoms with Crippen LogP contribution in [0.5, 0.6) is 0 Å². The van der Waals surface area contributed by atoms with Crippen LogP contribution in [-0.4, -0.2) is 5.71 Å². The Morgan fingerprint density at radius 1 is 1.19 bits per heavy atom. The molecule has 1 heterocycles. The molecule has 0 spiro atoms. The van der Waals surface area contributed by atoms with Crippen LogP contribution in [0.4, 0.5) is 5.00 Å². The number of aryl methyl sites for hydroxylation is 2. The van der Waals surface area contributed by atoms with E-state index in [-0.39, 0.29) is 0 Å². The van der Waals surface area contributed by atoms with Gasteiger partial charge in [-0.05, 0) is 50.7 Å². The lowest BCUT2D eigenvalue weighted by Gasteiger charge is -2.09. The van der Waals surface area contributed by atoms with Crippen LogP contribution in [0.2, 0.25) is 0 Å². The monoisotopic (exact) mass is 294 g/mol. The van der Waals surface area contributed by atoms with Crippen molar-refractivity contribution in [2.75, 3.05) is 0 Å². The molecule has 0 N–H and O–H groups in total. The second kappa shape index (κ2) is 5.83. The van der Waals surface area contributed by atoms with Crippen LogP contribution in [0.15, 0.2) is 29.3 Å². The van der Waals surface area contributed by atoms with Crippen LogP contribution in [-0.2, 0) is 12.8 Å². The number of nitriles is 1. The molecule has 1 aromatic heterocycles. The topological polar surface area (TPSA) is 36.1 Å². The summed E-state index contributed by atoms with van der Waals surface area (Å²) in [5.41, 5.74) is 5.40. The van der Waals surface area contributed by atoms with Gasteiger partial charge in [0.2, 0.25) is 0 Å². The van der Waals surface area contributed by atoms with Crippen LogP contribution < -0.4 is 0 Å². The van der Waals surface area contributed by atoms with Gasteiger partial charge in [0.1, 0.15) is 11.1 Å². The van der Waals surface area contributed by atoms with Gasteiger partial charge in [0, 0.05) is 10.6 Å². The van der Waals surface area contributed by atoms with Gasteiger partial charge in [0.15, 0.2) is 0 Å². The van der Waals surface area contributed by atoms with Gasteiger partial charge in [-0.25, -0.2) is 4.99 Å². The zero-order chi connectivity index (χ0) is 14.8. The van der Waals surface area contributed by atoms with Crippen molar-refractivity contribution in [3.63, 3.8) is 0 Å². The minimum atomic E-state index is 0.807. The van der Waals surface area contributed by atoms with Crippen molar-refractivity contribution in [3.05, 3.63) is 51.4 Å². The summed E-state index contributed by atoms with van der Waals surface area (Å²) < 4.78 is 0. The summed E-state index contributed by atoms with van der Waals surface area (Å²) in [7, 11) is 0. The van der Waals surface area contributed by atoms with E-state index in [4.69, 9.17) is 4.99 Å². The molecular formula is C18H18N2S. The SMILES string of the molecule is CC(=Nc1sc2c(c1C#N)CCCC2)c1ccc(C)cc1. The Balaban J connectivity index is 2.01. The largest absolute Gasteiger partial charge is 0.241 e. The highest BCUT2D eigenvalue weighted by atomic mass is 32.1. The number of rotatable bonds is 2. The number of hydrogen-bond donors (Lipinski definition) is 0. The minimum Gasteiger partial charge on any atom is -0.241 e. The molecule has 106 valence electrons. The molecule has 0 saturated carbocycles. The van der Waals surface area contributed by atoms with Crippen molar-refractivity contribution in [2.45, 2.75) is 39.5 Å². The van der Waals surface area contributed by atoms with Gasteiger partial charge in [-0.2, -0.15) is 5.26 Å². The van der Waals surface area contributed by atoms with Gasteiger partial charge in [-0.15, -0.1) is 11.3 Å². The van der Waals surface area contributed by atoms with Crippen molar-refractivity contribution in [1.29, 1.82) is 5.26 Å². The molecule has 21 heavy (non-hydrogen) atoms. The average molecular weight is 294 g/mol. The van der Waals surface area contributed by atoms with Crippen LogP contribution in [0.3, 0.4) is 0 Å². The number of benzene rings is 1. The fraction of sp³-hybridized carbons (Fsp3) is 0.333. The van der Waals surface area contributed by atoms with Gasteiger partial charge in [-0.3, -0.25) is 0 Å². The number of hydrogen-bond acceptors (Lipinski definition) is 3. The molecule has 1 aromatic carbocycles. The zero-order valence-corrected chi connectivity index (χ0v) is 13.3. The van der Waals surface area contributed by atoms with Gasteiger partial charge < -0.3 is 0 Å². The molecule has 0 unspecified atom stereocenters. The van der Waals surface area contributed by atoms with Crippen LogP contribution >= 0.6 is 11.3 Å². The lowest BCUT2D eigenvalue weighted by molar-refractivity contribution is 0.696. The maximum Gasteiger partial charge on any atom is 0.134 e. The Hall–Kier alpha value is -1.92. The quantitative estimate of drug-likeness (QED) is 0.722. The molecule has 1 aliphatic rings.